The summed E-state index contributed by atoms with van der Waals surface area (Å²) >= 11 is 5.58. The van der Waals surface area contributed by atoms with Crippen molar-refractivity contribution in [1.29, 1.82) is 0 Å². The summed E-state index contributed by atoms with van der Waals surface area (Å²) in [4.78, 5) is 3.19. The lowest BCUT2D eigenvalue weighted by Crippen LogP contribution is -2.28. The molecule has 126 valence electrons. The predicted molar refractivity (Wildman–Crippen MR) is 67.4 cm³/mol. The quantitative estimate of drug-likeness (QED) is 0.447. The van der Waals surface area contributed by atoms with Gasteiger partial charge in [-0.25, -0.2) is 4.98 Å². The van der Waals surface area contributed by atoms with E-state index in [9.17, 15) is 34.8 Å². The maximum atomic E-state index is 12.7. The lowest BCUT2D eigenvalue weighted by atomic mass is 10.2. The molecule has 0 amide bonds. The Hall–Kier alpha value is -1.75. The maximum absolute atomic E-state index is 12.7. The minimum atomic E-state index is -6.14. The zero-order chi connectivity index (χ0) is 17.6. The van der Waals surface area contributed by atoms with Crippen molar-refractivity contribution in [3.05, 3.63) is 35.0 Å². The average molecular weight is 380 g/mol. The summed E-state index contributed by atoms with van der Waals surface area (Å²) in [5.41, 5.74) is -7.90. The number of nitrogens with zero attached hydrogens (tertiary/aromatic N) is 1. The average Bonchev–Trinajstić information content (AvgIpc) is 2.34. The molecule has 12 heteroatoms. The summed E-state index contributed by atoms with van der Waals surface area (Å²) < 4.78 is 101. The summed E-state index contributed by atoms with van der Waals surface area (Å²) in [6.07, 6.45) is -5.03. The Morgan fingerprint density at radius 3 is 2.17 bits per heavy atom. The van der Waals surface area contributed by atoms with Crippen molar-refractivity contribution in [3.8, 4) is 5.75 Å². The van der Waals surface area contributed by atoms with Gasteiger partial charge in [-0.05, 0) is 18.2 Å². The number of rotatable bonds is 2. The minimum Gasteiger partial charge on any atom is -0.375 e. The van der Waals surface area contributed by atoms with E-state index in [1.807, 2.05) is 0 Å². The SMILES string of the molecule is O=S(=O)(Oc1cc(C(F)(F)F)nc2cc(Cl)ccc12)C(F)(F)F. The first-order valence-corrected chi connectivity index (χ1v) is 7.28. The lowest BCUT2D eigenvalue weighted by Gasteiger charge is -2.14. The number of alkyl halides is 6. The number of pyridine rings is 1. The molecule has 0 unspecified atom stereocenters. The lowest BCUT2D eigenvalue weighted by molar-refractivity contribution is -0.141. The van der Waals surface area contributed by atoms with Gasteiger partial charge in [-0.2, -0.15) is 34.8 Å². The van der Waals surface area contributed by atoms with Crippen LogP contribution in [0.3, 0.4) is 0 Å². The van der Waals surface area contributed by atoms with E-state index in [2.05, 4.69) is 9.17 Å². The van der Waals surface area contributed by atoms with E-state index in [0.717, 1.165) is 18.2 Å². The Balaban J connectivity index is 2.71. The minimum absolute atomic E-state index is 0.0473. The molecule has 1 heterocycles. The van der Waals surface area contributed by atoms with Crippen LogP contribution in [0.25, 0.3) is 10.9 Å². The van der Waals surface area contributed by atoms with Crippen molar-refractivity contribution < 1.29 is 38.9 Å². The number of halogens is 7. The standard InChI is InChI=1S/C11H4ClF6NO3S/c12-5-1-2-6-7(3-5)19-9(10(13,14)15)4-8(6)22-23(20,21)11(16,17)18/h1-4H. The highest BCUT2D eigenvalue weighted by Gasteiger charge is 2.49. The van der Waals surface area contributed by atoms with Gasteiger partial charge in [0.05, 0.1) is 5.52 Å². The third kappa shape index (κ3) is 3.61. The molecule has 0 aliphatic heterocycles. The highest BCUT2D eigenvalue weighted by Crippen LogP contribution is 2.37. The number of benzene rings is 1. The molecule has 0 fully saturated rings. The molecule has 0 radical (unpaired) electrons. The molecule has 1 aromatic carbocycles. The van der Waals surface area contributed by atoms with E-state index in [-0.39, 0.29) is 16.5 Å². The van der Waals surface area contributed by atoms with Gasteiger partial charge in [0.25, 0.3) is 0 Å². The molecule has 0 atom stereocenters. The van der Waals surface area contributed by atoms with Crippen LogP contribution in [0.15, 0.2) is 24.3 Å². The van der Waals surface area contributed by atoms with Crippen LogP contribution in [0, 0.1) is 0 Å². The number of aromatic nitrogens is 1. The fourth-order valence-electron chi connectivity index (χ4n) is 1.55. The van der Waals surface area contributed by atoms with Crippen LogP contribution >= 0.6 is 11.6 Å². The third-order valence-corrected chi connectivity index (χ3v) is 3.71. The summed E-state index contributed by atoms with van der Waals surface area (Å²) in [5.74, 6) is -1.16. The van der Waals surface area contributed by atoms with Gasteiger partial charge < -0.3 is 4.18 Å². The molecule has 4 nitrogen and oxygen atoms in total. The second kappa shape index (κ2) is 5.41. The number of fused-ring (bicyclic) bond motifs is 1. The van der Waals surface area contributed by atoms with Crippen LogP contribution in [-0.2, 0) is 16.3 Å². The van der Waals surface area contributed by atoms with Crippen LogP contribution in [-0.4, -0.2) is 18.9 Å². The molecule has 0 aliphatic rings. The van der Waals surface area contributed by atoms with E-state index < -0.39 is 38.8 Å². The van der Waals surface area contributed by atoms with Crippen LogP contribution in [0.1, 0.15) is 5.69 Å². The molecular weight excluding hydrogens is 376 g/mol. The molecule has 0 saturated heterocycles. The third-order valence-electron chi connectivity index (χ3n) is 2.51. The van der Waals surface area contributed by atoms with Gasteiger partial charge in [-0.15, -0.1) is 0 Å². The fraction of sp³-hybridized carbons (Fsp3) is 0.182. The van der Waals surface area contributed by atoms with Crippen molar-refractivity contribution in [2.45, 2.75) is 11.7 Å². The fourth-order valence-corrected chi connectivity index (χ4v) is 2.18. The molecule has 2 rings (SSSR count). The van der Waals surface area contributed by atoms with E-state index in [0.29, 0.717) is 0 Å². The van der Waals surface area contributed by atoms with Crippen molar-refractivity contribution >= 4 is 32.6 Å². The van der Waals surface area contributed by atoms with E-state index in [1.165, 1.54) is 0 Å². The van der Waals surface area contributed by atoms with Gasteiger partial charge in [0.2, 0.25) is 0 Å². The summed E-state index contributed by atoms with van der Waals surface area (Å²) in [6.45, 7) is 0. The van der Waals surface area contributed by atoms with Crippen LogP contribution in [0.4, 0.5) is 26.3 Å². The highest BCUT2D eigenvalue weighted by atomic mass is 35.5. The zero-order valence-electron chi connectivity index (χ0n) is 10.5. The van der Waals surface area contributed by atoms with Crippen LogP contribution in [0.2, 0.25) is 5.02 Å². The largest absolute Gasteiger partial charge is 0.534 e. The molecule has 0 aliphatic carbocycles. The molecule has 23 heavy (non-hydrogen) atoms. The molecule has 0 bridgehead atoms. The Labute approximate surface area is 129 Å². The second-order valence-electron chi connectivity index (χ2n) is 4.15. The van der Waals surface area contributed by atoms with E-state index in [4.69, 9.17) is 11.6 Å². The zero-order valence-corrected chi connectivity index (χ0v) is 12.1. The molecule has 0 spiro atoms. The van der Waals surface area contributed by atoms with Gasteiger partial charge in [-0.1, -0.05) is 11.6 Å². The first-order valence-electron chi connectivity index (χ1n) is 5.49. The Bertz CT molecular complexity index is 862. The molecule has 1 aromatic heterocycles. The van der Waals surface area contributed by atoms with Crippen molar-refractivity contribution in [2.24, 2.45) is 0 Å². The summed E-state index contributed by atoms with van der Waals surface area (Å²) in [7, 11) is -6.14. The molecular formula is C11H4ClF6NO3S. The van der Waals surface area contributed by atoms with Crippen LogP contribution < -0.4 is 4.18 Å². The van der Waals surface area contributed by atoms with E-state index in [1.54, 1.807) is 0 Å². The molecule has 0 N–H and O–H groups in total. The normalized spacial score (nSPS) is 13.3. The van der Waals surface area contributed by atoms with Crippen molar-refractivity contribution in [1.82, 2.24) is 4.98 Å². The molecule has 0 saturated carbocycles. The topological polar surface area (TPSA) is 56.3 Å². The van der Waals surface area contributed by atoms with Crippen molar-refractivity contribution in [3.63, 3.8) is 0 Å². The Morgan fingerprint density at radius 2 is 1.65 bits per heavy atom. The van der Waals surface area contributed by atoms with Crippen molar-refractivity contribution in [2.75, 3.05) is 0 Å². The van der Waals surface area contributed by atoms with Gasteiger partial charge in [0.15, 0.2) is 5.75 Å². The number of hydrogen-bond donors (Lipinski definition) is 0. The summed E-state index contributed by atoms with van der Waals surface area (Å²) in [6, 6.07) is 3.12. The van der Waals surface area contributed by atoms with Crippen LogP contribution in [0.5, 0.6) is 5.75 Å². The van der Waals surface area contributed by atoms with Gasteiger partial charge in [0, 0.05) is 16.5 Å². The Kier molecular flexibility index (Phi) is 4.14. The van der Waals surface area contributed by atoms with Gasteiger partial charge in [0.1, 0.15) is 5.69 Å². The maximum Gasteiger partial charge on any atom is 0.534 e. The van der Waals surface area contributed by atoms with Gasteiger partial charge in [-0.3, -0.25) is 0 Å². The smallest absolute Gasteiger partial charge is 0.375 e. The first kappa shape index (κ1) is 17.6. The van der Waals surface area contributed by atoms with Gasteiger partial charge >= 0.3 is 21.8 Å². The highest BCUT2D eigenvalue weighted by molar-refractivity contribution is 7.88. The Morgan fingerprint density at radius 1 is 1.04 bits per heavy atom. The molecule has 2 aromatic rings. The second-order valence-corrected chi connectivity index (χ2v) is 6.12. The predicted octanol–water partition coefficient (Wildman–Crippen LogP) is 4.14. The number of hydrogen-bond acceptors (Lipinski definition) is 4. The van der Waals surface area contributed by atoms with E-state index >= 15 is 0 Å². The monoisotopic (exact) mass is 379 g/mol. The first-order chi connectivity index (χ1) is 10.3. The summed E-state index contributed by atoms with van der Waals surface area (Å²) in [5, 5.41) is -0.427.